The first-order valence-corrected chi connectivity index (χ1v) is 12.4. The van der Waals surface area contributed by atoms with E-state index < -0.39 is 39.2 Å². The van der Waals surface area contributed by atoms with Crippen molar-refractivity contribution < 1.29 is 34.9 Å². The van der Waals surface area contributed by atoms with Crippen molar-refractivity contribution in [2.24, 2.45) is 11.0 Å². The Labute approximate surface area is 213 Å². The minimum Gasteiger partial charge on any atom is -0.492 e. The number of nitrogens with zero attached hydrogens (tertiary/aromatic N) is 3. The topological polar surface area (TPSA) is 92.0 Å². The number of alkyl halides is 3. The standard InChI is InChI=1S/C24H14ClF4N3O4S/c25-20-9-16(6-3-14(20)11-30)32-23(13-1-4-15(26)5-2-13)19-12-35-21-10-17(7-8-18(21)22(19)31-32)36-37(33,34)24(27,28)29/h1-10,19,23H,12H2. The molecule has 13 heteroatoms. The highest BCUT2D eigenvalue weighted by molar-refractivity contribution is 7.88. The van der Waals surface area contributed by atoms with Gasteiger partial charge in [-0.2, -0.15) is 32.0 Å². The van der Waals surface area contributed by atoms with E-state index in [4.69, 9.17) is 21.4 Å². The maximum absolute atomic E-state index is 13.6. The highest BCUT2D eigenvalue weighted by Crippen LogP contribution is 2.46. The second-order valence-electron chi connectivity index (χ2n) is 8.16. The third-order valence-electron chi connectivity index (χ3n) is 5.90. The number of anilines is 1. The van der Waals surface area contributed by atoms with E-state index in [0.29, 0.717) is 22.5 Å². The third kappa shape index (κ3) is 4.45. The van der Waals surface area contributed by atoms with Gasteiger partial charge in [0.2, 0.25) is 0 Å². The van der Waals surface area contributed by atoms with Gasteiger partial charge in [0, 0.05) is 11.6 Å². The Morgan fingerprint density at radius 3 is 2.49 bits per heavy atom. The van der Waals surface area contributed by atoms with E-state index >= 15 is 0 Å². The fraction of sp³-hybridized carbons (Fsp3) is 0.167. The van der Waals surface area contributed by atoms with Crippen LogP contribution in [0.25, 0.3) is 0 Å². The lowest BCUT2D eigenvalue weighted by molar-refractivity contribution is -0.0500. The molecule has 0 aromatic heterocycles. The van der Waals surface area contributed by atoms with Crippen molar-refractivity contribution in [3.8, 4) is 17.6 Å². The lowest BCUT2D eigenvalue weighted by Gasteiger charge is -2.31. The minimum atomic E-state index is -5.86. The van der Waals surface area contributed by atoms with Gasteiger partial charge in [0.15, 0.2) is 0 Å². The van der Waals surface area contributed by atoms with Crippen molar-refractivity contribution in [2.45, 2.75) is 11.6 Å². The summed E-state index contributed by atoms with van der Waals surface area (Å²) >= 11 is 6.24. The van der Waals surface area contributed by atoms with Crippen molar-refractivity contribution in [1.29, 1.82) is 5.26 Å². The molecule has 2 heterocycles. The largest absolute Gasteiger partial charge is 0.534 e. The fourth-order valence-electron chi connectivity index (χ4n) is 4.22. The molecular formula is C24H14ClF4N3O4S. The number of rotatable bonds is 4. The molecule has 0 spiro atoms. The number of nitriles is 1. The van der Waals surface area contributed by atoms with Crippen LogP contribution in [-0.4, -0.2) is 26.2 Å². The number of hydrogen-bond donors (Lipinski definition) is 0. The second kappa shape index (κ2) is 8.93. The highest BCUT2D eigenvalue weighted by Gasteiger charge is 2.49. The monoisotopic (exact) mass is 551 g/mol. The van der Waals surface area contributed by atoms with Crippen LogP contribution in [0.4, 0.5) is 23.2 Å². The average Bonchev–Trinajstić information content (AvgIpc) is 3.23. The summed E-state index contributed by atoms with van der Waals surface area (Å²) < 4.78 is 84.6. The van der Waals surface area contributed by atoms with E-state index in [9.17, 15) is 31.2 Å². The number of ether oxygens (including phenoxy) is 1. The van der Waals surface area contributed by atoms with Crippen LogP contribution in [0.5, 0.6) is 11.5 Å². The molecule has 5 rings (SSSR count). The normalized spacial score (nSPS) is 18.8. The zero-order valence-electron chi connectivity index (χ0n) is 18.4. The van der Waals surface area contributed by atoms with Crippen LogP contribution in [-0.2, 0) is 10.1 Å². The zero-order valence-corrected chi connectivity index (χ0v) is 20.0. The van der Waals surface area contributed by atoms with Crippen LogP contribution in [0.2, 0.25) is 5.02 Å². The molecule has 0 amide bonds. The molecule has 2 atom stereocenters. The van der Waals surface area contributed by atoms with Gasteiger partial charge < -0.3 is 8.92 Å². The maximum Gasteiger partial charge on any atom is 0.534 e. The predicted octanol–water partition coefficient (Wildman–Crippen LogP) is 5.55. The molecule has 3 aromatic rings. The van der Waals surface area contributed by atoms with E-state index in [-0.39, 0.29) is 22.9 Å². The molecule has 2 unspecified atom stereocenters. The average molecular weight is 552 g/mol. The van der Waals surface area contributed by atoms with E-state index in [0.717, 1.165) is 12.1 Å². The fourth-order valence-corrected chi connectivity index (χ4v) is 4.89. The van der Waals surface area contributed by atoms with Crippen LogP contribution < -0.4 is 13.9 Å². The number of hydrogen-bond acceptors (Lipinski definition) is 7. The Bertz CT molecular complexity index is 1570. The molecule has 0 aliphatic carbocycles. The van der Waals surface area contributed by atoms with Gasteiger partial charge >= 0.3 is 15.6 Å². The second-order valence-corrected chi connectivity index (χ2v) is 10.1. The molecule has 2 aliphatic rings. The molecular weight excluding hydrogens is 538 g/mol. The van der Waals surface area contributed by atoms with Gasteiger partial charge in [-0.05, 0) is 48.0 Å². The summed E-state index contributed by atoms with van der Waals surface area (Å²) in [5.41, 5.74) is -3.14. The molecule has 0 saturated heterocycles. The van der Waals surface area contributed by atoms with Crippen LogP contribution >= 0.6 is 11.6 Å². The summed E-state index contributed by atoms with van der Waals surface area (Å²) in [6, 6.07) is 15.6. The molecule has 3 aromatic carbocycles. The summed E-state index contributed by atoms with van der Waals surface area (Å²) in [6.45, 7) is 0.0316. The van der Waals surface area contributed by atoms with Crippen LogP contribution in [0.3, 0.4) is 0 Å². The third-order valence-corrected chi connectivity index (χ3v) is 7.19. The SMILES string of the molecule is N#Cc1ccc(N2N=C3c4ccc(OS(=O)(=O)C(F)(F)F)cc4OCC3C2c2ccc(F)cc2)cc1Cl. The van der Waals surface area contributed by atoms with E-state index in [1.807, 2.05) is 6.07 Å². The molecule has 0 fully saturated rings. The van der Waals surface area contributed by atoms with Gasteiger partial charge in [-0.3, -0.25) is 5.01 Å². The summed E-state index contributed by atoms with van der Waals surface area (Å²) in [7, 11) is -5.86. The molecule has 0 bridgehead atoms. The summed E-state index contributed by atoms with van der Waals surface area (Å²) in [6.07, 6.45) is 0. The van der Waals surface area contributed by atoms with Gasteiger partial charge in [-0.1, -0.05) is 23.7 Å². The number of halogens is 5. The van der Waals surface area contributed by atoms with E-state index in [1.165, 1.54) is 24.3 Å². The van der Waals surface area contributed by atoms with Crippen molar-refractivity contribution in [3.05, 3.63) is 88.2 Å². The lowest BCUT2D eigenvalue weighted by atomic mass is 9.85. The minimum absolute atomic E-state index is 0.0316. The first-order valence-electron chi connectivity index (χ1n) is 10.6. The van der Waals surface area contributed by atoms with Gasteiger partial charge in [-0.15, -0.1) is 0 Å². The smallest absolute Gasteiger partial charge is 0.492 e. The highest BCUT2D eigenvalue weighted by atomic mass is 35.5. The lowest BCUT2D eigenvalue weighted by Crippen LogP contribution is -2.33. The number of hydrazone groups is 1. The molecule has 0 N–H and O–H groups in total. The number of benzene rings is 3. The molecule has 0 saturated carbocycles. The molecule has 2 aliphatic heterocycles. The first kappa shape index (κ1) is 24.9. The van der Waals surface area contributed by atoms with Crippen molar-refractivity contribution in [1.82, 2.24) is 0 Å². The Morgan fingerprint density at radius 1 is 1.11 bits per heavy atom. The quantitative estimate of drug-likeness (QED) is 0.240. The predicted molar refractivity (Wildman–Crippen MR) is 125 cm³/mol. The summed E-state index contributed by atoms with van der Waals surface area (Å²) in [4.78, 5) is 0. The molecule has 190 valence electrons. The van der Waals surface area contributed by atoms with Crippen LogP contribution in [0.15, 0.2) is 65.8 Å². The van der Waals surface area contributed by atoms with Gasteiger partial charge in [-0.25, -0.2) is 4.39 Å². The molecule has 7 nitrogen and oxygen atoms in total. The van der Waals surface area contributed by atoms with Crippen LogP contribution in [0.1, 0.15) is 22.7 Å². The molecule has 0 radical (unpaired) electrons. The van der Waals surface area contributed by atoms with Gasteiger partial charge in [0.25, 0.3) is 0 Å². The van der Waals surface area contributed by atoms with Crippen molar-refractivity contribution in [3.63, 3.8) is 0 Å². The first-order chi connectivity index (χ1) is 17.5. The Hall–Kier alpha value is -3.82. The maximum atomic E-state index is 13.6. The zero-order chi connectivity index (χ0) is 26.5. The van der Waals surface area contributed by atoms with Gasteiger partial charge in [0.05, 0.1) is 40.6 Å². The summed E-state index contributed by atoms with van der Waals surface area (Å²) in [5.74, 6) is -1.30. The molecule has 37 heavy (non-hydrogen) atoms. The number of fused-ring (bicyclic) bond motifs is 3. The van der Waals surface area contributed by atoms with Gasteiger partial charge in [0.1, 0.15) is 23.4 Å². The Kier molecular flexibility index (Phi) is 6.00. The van der Waals surface area contributed by atoms with Crippen molar-refractivity contribution >= 4 is 33.1 Å². The summed E-state index contributed by atoms with van der Waals surface area (Å²) in [5, 5.41) is 15.8. The van der Waals surface area contributed by atoms with E-state index in [1.54, 1.807) is 29.3 Å². The van der Waals surface area contributed by atoms with Crippen LogP contribution in [0, 0.1) is 23.1 Å². The Morgan fingerprint density at radius 2 is 1.84 bits per heavy atom. The Balaban J connectivity index is 1.57. The van der Waals surface area contributed by atoms with Crippen molar-refractivity contribution in [2.75, 3.05) is 11.6 Å². The van der Waals surface area contributed by atoms with E-state index in [2.05, 4.69) is 4.18 Å².